The summed E-state index contributed by atoms with van der Waals surface area (Å²) in [5, 5.41) is 2.32. The van der Waals surface area contributed by atoms with Gasteiger partial charge in [0, 0.05) is 10.7 Å². The van der Waals surface area contributed by atoms with Crippen molar-refractivity contribution in [3.63, 3.8) is 0 Å². The molecule has 1 amide bonds. The maximum absolute atomic E-state index is 12.9. The number of benzene rings is 1. The molecule has 1 N–H and O–H groups in total. The van der Waals surface area contributed by atoms with Crippen LogP contribution in [0.4, 0.5) is 18.9 Å². The zero-order valence-corrected chi connectivity index (χ0v) is 14.3. The second-order valence-corrected chi connectivity index (χ2v) is 6.77. The first-order valence-corrected chi connectivity index (χ1v) is 8.20. The van der Waals surface area contributed by atoms with Gasteiger partial charge >= 0.3 is 6.18 Å². The lowest BCUT2D eigenvalue weighted by Crippen LogP contribution is -2.24. The molecule has 122 valence electrons. The highest BCUT2D eigenvalue weighted by molar-refractivity contribution is 9.10. The van der Waals surface area contributed by atoms with Gasteiger partial charge in [0.05, 0.1) is 16.5 Å². The first-order valence-electron chi connectivity index (χ1n) is 6.53. The van der Waals surface area contributed by atoms with E-state index < -0.39 is 22.9 Å². The lowest BCUT2D eigenvalue weighted by Gasteiger charge is -2.16. The second-order valence-electron chi connectivity index (χ2n) is 4.58. The van der Waals surface area contributed by atoms with Crippen LogP contribution < -0.4 is 5.32 Å². The van der Waals surface area contributed by atoms with Crippen molar-refractivity contribution in [3.8, 4) is 0 Å². The molecule has 0 aliphatic carbocycles. The Balaban J connectivity index is 2.12. The number of pyridine rings is 1. The fourth-order valence-electron chi connectivity index (χ4n) is 1.75. The molecule has 8 heteroatoms. The van der Waals surface area contributed by atoms with Crippen molar-refractivity contribution in [2.24, 2.45) is 0 Å². The van der Waals surface area contributed by atoms with E-state index in [-0.39, 0.29) is 5.69 Å². The van der Waals surface area contributed by atoms with Crippen LogP contribution in [0.15, 0.2) is 52.1 Å². The molecular formula is C15H12BrF3N2OS. The number of para-hydroxylation sites is 1. The van der Waals surface area contributed by atoms with Crippen molar-refractivity contribution in [1.82, 2.24) is 4.98 Å². The largest absolute Gasteiger partial charge is 0.418 e. The topological polar surface area (TPSA) is 42.0 Å². The molecule has 0 saturated carbocycles. The van der Waals surface area contributed by atoms with Gasteiger partial charge in [-0.1, -0.05) is 23.9 Å². The molecule has 0 spiro atoms. The van der Waals surface area contributed by atoms with E-state index in [9.17, 15) is 18.0 Å². The summed E-state index contributed by atoms with van der Waals surface area (Å²) in [6, 6.07) is 8.40. The Morgan fingerprint density at radius 1 is 1.26 bits per heavy atom. The van der Waals surface area contributed by atoms with E-state index >= 15 is 0 Å². The Kier molecular flexibility index (Phi) is 5.69. The van der Waals surface area contributed by atoms with Gasteiger partial charge in [-0.3, -0.25) is 4.79 Å². The van der Waals surface area contributed by atoms with Crippen molar-refractivity contribution in [2.45, 2.75) is 23.4 Å². The number of anilines is 1. The standard InChI is InChI=1S/C15H12BrF3N2OS/c1-9(23-14-11(16)6-4-8-20-14)13(22)21-12-7-3-2-5-10(12)15(17,18)19/h2-9H,1H3,(H,21,22). The maximum atomic E-state index is 12.9. The Bertz CT molecular complexity index is 709. The molecule has 0 fully saturated rings. The monoisotopic (exact) mass is 404 g/mol. The SMILES string of the molecule is CC(Sc1ncccc1Br)C(=O)Nc1ccccc1C(F)(F)F. The number of hydrogen-bond acceptors (Lipinski definition) is 3. The number of nitrogens with one attached hydrogen (secondary N) is 1. The highest BCUT2D eigenvalue weighted by Crippen LogP contribution is 2.35. The minimum atomic E-state index is -4.52. The molecule has 3 nitrogen and oxygen atoms in total. The van der Waals surface area contributed by atoms with Crippen molar-refractivity contribution >= 4 is 39.3 Å². The molecule has 1 heterocycles. The summed E-state index contributed by atoms with van der Waals surface area (Å²) >= 11 is 4.47. The second kappa shape index (κ2) is 7.35. The third-order valence-electron chi connectivity index (χ3n) is 2.87. The highest BCUT2D eigenvalue weighted by Gasteiger charge is 2.33. The molecule has 2 rings (SSSR count). The van der Waals surface area contributed by atoms with Gasteiger partial charge in [0.15, 0.2) is 0 Å². The van der Waals surface area contributed by atoms with Gasteiger partial charge in [0.25, 0.3) is 0 Å². The zero-order valence-electron chi connectivity index (χ0n) is 11.9. The molecule has 0 radical (unpaired) electrons. The average molecular weight is 405 g/mol. The minimum Gasteiger partial charge on any atom is -0.325 e. The van der Waals surface area contributed by atoms with Crippen molar-refractivity contribution in [2.75, 3.05) is 5.32 Å². The van der Waals surface area contributed by atoms with Crippen molar-refractivity contribution in [3.05, 3.63) is 52.6 Å². The molecule has 1 atom stereocenters. The Morgan fingerprint density at radius 2 is 1.96 bits per heavy atom. The lowest BCUT2D eigenvalue weighted by molar-refractivity contribution is -0.137. The predicted octanol–water partition coefficient (Wildman–Crippen LogP) is 4.98. The van der Waals surface area contributed by atoms with Crippen LogP contribution in [-0.2, 0) is 11.0 Å². The summed E-state index contributed by atoms with van der Waals surface area (Å²) in [6.07, 6.45) is -2.94. The number of thioether (sulfide) groups is 1. The Labute approximate surface area is 143 Å². The van der Waals surface area contributed by atoms with Gasteiger partial charge in [-0.2, -0.15) is 13.2 Å². The van der Waals surface area contributed by atoms with E-state index in [1.165, 1.54) is 18.2 Å². The van der Waals surface area contributed by atoms with Crippen LogP contribution in [0, 0.1) is 0 Å². The van der Waals surface area contributed by atoms with Gasteiger partial charge in [0.2, 0.25) is 5.91 Å². The van der Waals surface area contributed by atoms with Crippen LogP contribution in [-0.4, -0.2) is 16.1 Å². The van der Waals surface area contributed by atoms with Crippen LogP contribution in [0.3, 0.4) is 0 Å². The first kappa shape index (κ1) is 17.8. The molecule has 1 unspecified atom stereocenters. The molecule has 2 aromatic rings. The molecule has 0 bridgehead atoms. The van der Waals surface area contributed by atoms with E-state index in [2.05, 4.69) is 26.2 Å². The summed E-state index contributed by atoms with van der Waals surface area (Å²) in [4.78, 5) is 16.3. The highest BCUT2D eigenvalue weighted by atomic mass is 79.9. The van der Waals surface area contributed by atoms with E-state index in [4.69, 9.17) is 0 Å². The van der Waals surface area contributed by atoms with Gasteiger partial charge < -0.3 is 5.32 Å². The summed E-state index contributed by atoms with van der Waals surface area (Å²) in [5.41, 5.74) is -1.12. The van der Waals surface area contributed by atoms with Crippen LogP contribution in [0.25, 0.3) is 0 Å². The third-order valence-corrected chi connectivity index (χ3v) is 4.89. The van der Waals surface area contributed by atoms with Crippen LogP contribution in [0.1, 0.15) is 12.5 Å². The molecule has 0 saturated heterocycles. The number of aromatic nitrogens is 1. The van der Waals surface area contributed by atoms with Gasteiger partial charge in [-0.05, 0) is 47.1 Å². The fourth-order valence-corrected chi connectivity index (χ4v) is 3.09. The number of carbonyl (C=O) groups excluding carboxylic acids is 1. The Morgan fingerprint density at radius 3 is 2.61 bits per heavy atom. The van der Waals surface area contributed by atoms with Gasteiger partial charge in [-0.15, -0.1) is 0 Å². The predicted molar refractivity (Wildman–Crippen MR) is 87.3 cm³/mol. The summed E-state index contributed by atoms with van der Waals surface area (Å²) in [5.74, 6) is -0.524. The molecule has 1 aromatic carbocycles. The quantitative estimate of drug-likeness (QED) is 0.730. The van der Waals surface area contributed by atoms with E-state index in [0.29, 0.717) is 5.03 Å². The van der Waals surface area contributed by atoms with E-state index in [1.807, 2.05) is 0 Å². The van der Waals surface area contributed by atoms with E-state index in [1.54, 1.807) is 25.3 Å². The third kappa shape index (κ3) is 4.71. The van der Waals surface area contributed by atoms with Gasteiger partial charge in [0.1, 0.15) is 5.03 Å². The van der Waals surface area contributed by atoms with Crippen LogP contribution >= 0.6 is 27.7 Å². The fraction of sp³-hybridized carbons (Fsp3) is 0.200. The maximum Gasteiger partial charge on any atom is 0.418 e. The molecule has 23 heavy (non-hydrogen) atoms. The number of amides is 1. The van der Waals surface area contributed by atoms with Crippen LogP contribution in [0.2, 0.25) is 0 Å². The summed E-state index contributed by atoms with van der Waals surface area (Å²) < 4.78 is 39.5. The average Bonchev–Trinajstić information content (AvgIpc) is 2.49. The normalized spacial score (nSPS) is 12.7. The number of carbonyl (C=O) groups is 1. The molecule has 1 aromatic heterocycles. The van der Waals surface area contributed by atoms with Gasteiger partial charge in [-0.25, -0.2) is 4.98 Å². The van der Waals surface area contributed by atoms with Crippen LogP contribution in [0.5, 0.6) is 0 Å². The summed E-state index contributed by atoms with van der Waals surface area (Å²) in [7, 11) is 0. The number of halogens is 4. The van der Waals surface area contributed by atoms with Crippen molar-refractivity contribution in [1.29, 1.82) is 0 Å². The smallest absolute Gasteiger partial charge is 0.325 e. The summed E-state index contributed by atoms with van der Waals surface area (Å²) in [6.45, 7) is 1.61. The van der Waals surface area contributed by atoms with E-state index in [0.717, 1.165) is 22.3 Å². The van der Waals surface area contributed by atoms with Crippen molar-refractivity contribution < 1.29 is 18.0 Å². The Hall–Kier alpha value is -1.54. The zero-order chi connectivity index (χ0) is 17.0. The number of alkyl halides is 3. The first-order chi connectivity index (χ1) is 10.8. The number of rotatable bonds is 4. The lowest BCUT2D eigenvalue weighted by atomic mass is 10.1. The molecule has 0 aliphatic rings. The molecular weight excluding hydrogens is 393 g/mol. The number of nitrogens with zero attached hydrogens (tertiary/aromatic N) is 1. The molecule has 0 aliphatic heterocycles. The number of hydrogen-bond donors (Lipinski definition) is 1. The minimum absolute atomic E-state index is 0.252.